The highest BCUT2D eigenvalue weighted by atomic mass is 19.4. The van der Waals surface area contributed by atoms with Crippen molar-refractivity contribution in [3.8, 4) is 0 Å². The molecule has 1 fully saturated rings. The van der Waals surface area contributed by atoms with Gasteiger partial charge in [-0.2, -0.15) is 13.2 Å². The molecule has 0 aromatic carbocycles. The van der Waals surface area contributed by atoms with Crippen LogP contribution in [0.4, 0.5) is 13.2 Å². The Morgan fingerprint density at radius 3 is 2.04 bits per heavy atom. The first kappa shape index (κ1) is 21.5. The molecule has 0 radical (unpaired) electrons. The Hall–Kier alpha value is -1.53. The molecule has 0 amide bonds. The van der Waals surface area contributed by atoms with E-state index in [1.807, 2.05) is 0 Å². The van der Waals surface area contributed by atoms with Gasteiger partial charge in [0.2, 0.25) is 5.60 Å². The largest absolute Gasteiger partial charge is 0.456 e. The van der Waals surface area contributed by atoms with E-state index in [-0.39, 0.29) is 31.3 Å². The van der Waals surface area contributed by atoms with Crippen molar-refractivity contribution in [1.29, 1.82) is 0 Å². The molecular weight excluding hydrogens is 337 g/mol. The fourth-order valence-electron chi connectivity index (χ4n) is 2.89. The number of halogens is 3. The maximum absolute atomic E-state index is 13.6. The van der Waals surface area contributed by atoms with Gasteiger partial charge in [0.25, 0.3) is 0 Å². The van der Waals surface area contributed by atoms with Crippen LogP contribution in [0.5, 0.6) is 0 Å². The summed E-state index contributed by atoms with van der Waals surface area (Å²) in [6.07, 6.45) is -3.86. The summed E-state index contributed by atoms with van der Waals surface area (Å²) in [6.45, 7) is 10.6. The second kappa shape index (κ2) is 7.38. The fourth-order valence-corrected chi connectivity index (χ4v) is 2.89. The average Bonchev–Trinajstić information content (AvgIpc) is 2.45. The first-order valence-corrected chi connectivity index (χ1v) is 8.40. The first-order chi connectivity index (χ1) is 11.2. The number of esters is 2. The third-order valence-corrected chi connectivity index (χ3v) is 4.86. The van der Waals surface area contributed by atoms with Gasteiger partial charge in [0, 0.05) is 11.5 Å². The molecule has 0 spiro atoms. The van der Waals surface area contributed by atoms with Gasteiger partial charge in [-0.05, 0) is 46.5 Å². The number of carbonyl (C=O) groups excluding carboxylic acids is 2. The minimum atomic E-state index is -4.68. The van der Waals surface area contributed by atoms with E-state index >= 15 is 0 Å². The van der Waals surface area contributed by atoms with E-state index in [2.05, 4.69) is 6.58 Å². The Bertz CT molecular complexity index is 531. The summed E-state index contributed by atoms with van der Waals surface area (Å²) in [5.74, 6) is -2.95. The predicted octanol–water partition coefficient (Wildman–Crippen LogP) is 4.57. The highest BCUT2D eigenvalue weighted by molar-refractivity contribution is 5.87. The minimum Gasteiger partial charge on any atom is -0.456 e. The zero-order valence-corrected chi connectivity index (χ0v) is 15.5. The Balaban J connectivity index is 2.90. The smallest absolute Gasteiger partial charge is 0.428 e. The standard InChI is InChI=1S/C18H27F3O4/c1-11(2)14(22)24-16(5)9-7-13(8-10-16)17(6,18(19,20)21)25-15(23)12(3)4/h12-13H,1,7-10H2,2-6H3/t13-,16-,17?. The van der Waals surface area contributed by atoms with Crippen LogP contribution in [0.2, 0.25) is 0 Å². The molecule has 7 heteroatoms. The molecule has 1 aliphatic rings. The lowest BCUT2D eigenvalue weighted by Crippen LogP contribution is -2.54. The van der Waals surface area contributed by atoms with Crippen LogP contribution >= 0.6 is 0 Å². The van der Waals surface area contributed by atoms with Gasteiger partial charge in [-0.3, -0.25) is 4.79 Å². The van der Waals surface area contributed by atoms with Crippen molar-refractivity contribution in [2.24, 2.45) is 11.8 Å². The number of hydrogen-bond acceptors (Lipinski definition) is 4. The number of ether oxygens (including phenoxy) is 2. The Kier molecular flexibility index (Phi) is 6.35. The van der Waals surface area contributed by atoms with Crippen LogP contribution in [0.3, 0.4) is 0 Å². The molecule has 144 valence electrons. The van der Waals surface area contributed by atoms with E-state index in [1.165, 1.54) is 20.8 Å². The number of carbonyl (C=O) groups is 2. The fraction of sp³-hybridized carbons (Fsp3) is 0.778. The second-order valence-electron chi connectivity index (χ2n) is 7.57. The summed E-state index contributed by atoms with van der Waals surface area (Å²) in [4.78, 5) is 23.5. The van der Waals surface area contributed by atoms with Gasteiger partial charge in [-0.15, -0.1) is 0 Å². The van der Waals surface area contributed by atoms with Crippen molar-refractivity contribution in [2.45, 2.75) is 77.7 Å². The van der Waals surface area contributed by atoms with E-state index < -0.39 is 41.2 Å². The zero-order valence-electron chi connectivity index (χ0n) is 15.5. The summed E-state index contributed by atoms with van der Waals surface area (Å²) in [5.41, 5.74) is -3.14. The number of alkyl halides is 3. The average molecular weight is 364 g/mol. The van der Waals surface area contributed by atoms with E-state index in [4.69, 9.17) is 9.47 Å². The molecule has 0 aromatic rings. The van der Waals surface area contributed by atoms with Gasteiger partial charge in [0.15, 0.2) is 0 Å². The maximum Gasteiger partial charge on any atom is 0.428 e. The molecule has 1 atom stereocenters. The lowest BCUT2D eigenvalue weighted by Gasteiger charge is -2.44. The van der Waals surface area contributed by atoms with Crippen LogP contribution in [-0.4, -0.2) is 29.3 Å². The normalized spacial score (nSPS) is 26.7. The van der Waals surface area contributed by atoms with Crippen molar-refractivity contribution in [2.75, 3.05) is 0 Å². The van der Waals surface area contributed by atoms with Crippen LogP contribution in [0.15, 0.2) is 12.2 Å². The first-order valence-electron chi connectivity index (χ1n) is 8.40. The SMILES string of the molecule is C=C(C)C(=O)O[C@]1(C)CC[C@@H](C(C)(OC(=O)C(C)C)C(F)(F)F)CC1. The lowest BCUT2D eigenvalue weighted by molar-refractivity contribution is -0.287. The van der Waals surface area contributed by atoms with Gasteiger partial charge in [-0.25, -0.2) is 4.79 Å². The van der Waals surface area contributed by atoms with Crippen molar-refractivity contribution >= 4 is 11.9 Å². The summed E-state index contributed by atoms with van der Waals surface area (Å²) in [7, 11) is 0. The second-order valence-corrected chi connectivity index (χ2v) is 7.57. The molecule has 1 saturated carbocycles. The van der Waals surface area contributed by atoms with E-state index in [0.717, 1.165) is 6.92 Å². The quantitative estimate of drug-likeness (QED) is 0.529. The predicted molar refractivity (Wildman–Crippen MR) is 86.7 cm³/mol. The molecule has 4 nitrogen and oxygen atoms in total. The Morgan fingerprint density at radius 2 is 1.68 bits per heavy atom. The molecular formula is C18H27F3O4. The molecule has 0 bridgehead atoms. The van der Waals surface area contributed by atoms with E-state index in [1.54, 1.807) is 6.92 Å². The van der Waals surface area contributed by atoms with Gasteiger partial charge >= 0.3 is 18.1 Å². The third kappa shape index (κ3) is 4.98. The van der Waals surface area contributed by atoms with Crippen LogP contribution in [0.25, 0.3) is 0 Å². The van der Waals surface area contributed by atoms with Crippen molar-refractivity contribution in [1.82, 2.24) is 0 Å². The van der Waals surface area contributed by atoms with Crippen LogP contribution in [0, 0.1) is 11.8 Å². The van der Waals surface area contributed by atoms with Crippen molar-refractivity contribution < 1.29 is 32.2 Å². The maximum atomic E-state index is 13.6. The van der Waals surface area contributed by atoms with Gasteiger partial charge < -0.3 is 9.47 Å². The Morgan fingerprint density at radius 1 is 1.20 bits per heavy atom. The molecule has 0 heterocycles. The third-order valence-electron chi connectivity index (χ3n) is 4.86. The molecule has 1 aliphatic carbocycles. The van der Waals surface area contributed by atoms with Gasteiger partial charge in [0.1, 0.15) is 5.60 Å². The lowest BCUT2D eigenvalue weighted by atomic mass is 9.72. The highest BCUT2D eigenvalue weighted by Gasteiger charge is 2.60. The van der Waals surface area contributed by atoms with Crippen molar-refractivity contribution in [3.05, 3.63) is 12.2 Å². The van der Waals surface area contributed by atoms with E-state index in [0.29, 0.717) is 0 Å². The summed E-state index contributed by atoms with van der Waals surface area (Å²) >= 11 is 0. The molecule has 0 aromatic heterocycles. The molecule has 0 saturated heterocycles. The summed E-state index contributed by atoms with van der Waals surface area (Å²) in [6, 6.07) is 0. The number of hydrogen-bond donors (Lipinski definition) is 0. The molecule has 1 rings (SSSR count). The highest BCUT2D eigenvalue weighted by Crippen LogP contribution is 2.48. The zero-order chi connectivity index (χ0) is 19.6. The monoisotopic (exact) mass is 364 g/mol. The molecule has 1 unspecified atom stereocenters. The van der Waals surface area contributed by atoms with Crippen LogP contribution < -0.4 is 0 Å². The van der Waals surface area contributed by atoms with E-state index in [9.17, 15) is 22.8 Å². The summed E-state index contributed by atoms with van der Waals surface area (Å²) < 4.78 is 51.2. The minimum absolute atomic E-state index is 0.140. The van der Waals surface area contributed by atoms with Crippen LogP contribution in [-0.2, 0) is 19.1 Å². The van der Waals surface area contributed by atoms with Gasteiger partial charge in [-0.1, -0.05) is 20.4 Å². The molecule has 25 heavy (non-hydrogen) atoms. The molecule has 0 N–H and O–H groups in total. The van der Waals surface area contributed by atoms with Crippen LogP contribution in [0.1, 0.15) is 60.3 Å². The topological polar surface area (TPSA) is 52.6 Å². The number of rotatable bonds is 5. The summed E-state index contributed by atoms with van der Waals surface area (Å²) in [5, 5.41) is 0. The van der Waals surface area contributed by atoms with Gasteiger partial charge in [0.05, 0.1) is 5.92 Å². The van der Waals surface area contributed by atoms with Crippen molar-refractivity contribution in [3.63, 3.8) is 0 Å². The molecule has 0 aliphatic heterocycles. The Labute approximate surface area is 146 Å².